The van der Waals surface area contributed by atoms with Crippen LogP contribution >= 0.6 is 0 Å². The average molecular weight is 285 g/mol. The fraction of sp³-hybridized carbons (Fsp3) is 0.867. The normalized spacial score (nSPS) is 20.1. The van der Waals surface area contributed by atoms with Crippen molar-refractivity contribution in [3.05, 3.63) is 0 Å². The number of rotatable bonds is 3. The van der Waals surface area contributed by atoms with Crippen LogP contribution in [-0.2, 0) is 9.53 Å². The SMILES string of the molecule is CC(N(C)C(=O)OC(C)(C)C)C1(C(=O)O)CCCCC1. The number of hydrogen-bond donors (Lipinski definition) is 1. The summed E-state index contributed by atoms with van der Waals surface area (Å²) in [6.45, 7) is 7.22. The van der Waals surface area contributed by atoms with Crippen molar-refractivity contribution in [3.63, 3.8) is 0 Å². The molecule has 1 N–H and O–H groups in total. The van der Waals surface area contributed by atoms with Crippen molar-refractivity contribution in [2.24, 2.45) is 5.41 Å². The van der Waals surface area contributed by atoms with E-state index >= 15 is 0 Å². The van der Waals surface area contributed by atoms with Crippen LogP contribution in [0.2, 0.25) is 0 Å². The molecule has 0 spiro atoms. The van der Waals surface area contributed by atoms with E-state index in [4.69, 9.17) is 4.74 Å². The summed E-state index contributed by atoms with van der Waals surface area (Å²) in [6, 6.07) is -0.379. The smallest absolute Gasteiger partial charge is 0.410 e. The van der Waals surface area contributed by atoms with E-state index in [2.05, 4.69) is 0 Å². The lowest BCUT2D eigenvalue weighted by Gasteiger charge is -2.42. The lowest BCUT2D eigenvalue weighted by atomic mass is 9.69. The van der Waals surface area contributed by atoms with Crippen LogP contribution in [0.5, 0.6) is 0 Å². The van der Waals surface area contributed by atoms with Crippen LogP contribution in [0.3, 0.4) is 0 Å². The first-order valence-corrected chi connectivity index (χ1v) is 7.29. The fourth-order valence-electron chi connectivity index (χ4n) is 2.86. The summed E-state index contributed by atoms with van der Waals surface area (Å²) < 4.78 is 5.33. The van der Waals surface area contributed by atoms with Gasteiger partial charge < -0.3 is 14.7 Å². The summed E-state index contributed by atoms with van der Waals surface area (Å²) in [6.07, 6.45) is 3.65. The number of carboxylic acids is 1. The molecule has 0 heterocycles. The zero-order chi connectivity index (χ0) is 15.6. The van der Waals surface area contributed by atoms with Gasteiger partial charge in [-0.1, -0.05) is 19.3 Å². The van der Waals surface area contributed by atoms with Crippen molar-refractivity contribution in [3.8, 4) is 0 Å². The Hall–Kier alpha value is -1.26. The van der Waals surface area contributed by atoms with Crippen LogP contribution in [0.4, 0.5) is 4.79 Å². The molecular weight excluding hydrogens is 258 g/mol. The lowest BCUT2D eigenvalue weighted by molar-refractivity contribution is -0.155. The van der Waals surface area contributed by atoms with Gasteiger partial charge in [0.05, 0.1) is 5.41 Å². The number of ether oxygens (including phenoxy) is 1. The van der Waals surface area contributed by atoms with Crippen molar-refractivity contribution < 1.29 is 19.4 Å². The van der Waals surface area contributed by atoms with Crippen LogP contribution in [0.25, 0.3) is 0 Å². The summed E-state index contributed by atoms with van der Waals surface area (Å²) in [4.78, 5) is 25.3. The van der Waals surface area contributed by atoms with Crippen LogP contribution in [-0.4, -0.2) is 40.8 Å². The molecule has 1 unspecified atom stereocenters. The number of hydrogen-bond acceptors (Lipinski definition) is 3. The summed E-state index contributed by atoms with van der Waals surface area (Å²) in [5.41, 5.74) is -1.42. The Labute approximate surface area is 121 Å². The molecule has 0 bridgehead atoms. The van der Waals surface area contributed by atoms with Gasteiger partial charge in [0.15, 0.2) is 0 Å². The molecule has 0 aromatic heterocycles. The Morgan fingerprint density at radius 3 is 2.10 bits per heavy atom. The van der Waals surface area contributed by atoms with E-state index in [0.29, 0.717) is 12.8 Å². The van der Waals surface area contributed by atoms with Crippen molar-refractivity contribution in [2.45, 2.75) is 71.4 Å². The monoisotopic (exact) mass is 285 g/mol. The standard InChI is InChI=1S/C15H27NO4/c1-11(16(5)13(19)20-14(2,3)4)15(12(17)18)9-7-6-8-10-15/h11H,6-10H2,1-5H3,(H,17,18). The highest BCUT2D eigenvalue weighted by molar-refractivity contribution is 5.77. The first kappa shape index (κ1) is 16.8. The average Bonchev–Trinajstić information content (AvgIpc) is 2.35. The van der Waals surface area contributed by atoms with E-state index in [0.717, 1.165) is 19.3 Å². The third kappa shape index (κ3) is 3.64. The molecule has 0 radical (unpaired) electrons. The minimum Gasteiger partial charge on any atom is -0.481 e. The van der Waals surface area contributed by atoms with Gasteiger partial charge in [-0.3, -0.25) is 4.79 Å². The topological polar surface area (TPSA) is 66.8 Å². The van der Waals surface area contributed by atoms with Crippen molar-refractivity contribution in [1.29, 1.82) is 0 Å². The summed E-state index contributed by atoms with van der Waals surface area (Å²) in [5, 5.41) is 9.64. The van der Waals surface area contributed by atoms with Crippen molar-refractivity contribution >= 4 is 12.1 Å². The maximum absolute atomic E-state index is 12.1. The molecule has 1 atom stereocenters. The first-order chi connectivity index (χ1) is 9.10. The van der Waals surface area contributed by atoms with Gasteiger partial charge in [0.2, 0.25) is 0 Å². The maximum atomic E-state index is 12.1. The van der Waals surface area contributed by atoms with Gasteiger partial charge in [0, 0.05) is 13.1 Å². The lowest BCUT2D eigenvalue weighted by Crippen LogP contribution is -2.52. The van der Waals surface area contributed by atoms with E-state index in [1.54, 1.807) is 27.8 Å². The third-order valence-electron chi connectivity index (χ3n) is 4.23. The molecule has 0 saturated heterocycles. The molecule has 1 fully saturated rings. The molecule has 0 aromatic rings. The number of carboxylic acid groups (broad SMARTS) is 1. The van der Waals surface area contributed by atoms with E-state index in [9.17, 15) is 14.7 Å². The highest BCUT2D eigenvalue weighted by atomic mass is 16.6. The molecule has 1 amide bonds. The Balaban J connectivity index is 2.87. The number of carbonyl (C=O) groups is 2. The minimum atomic E-state index is -0.843. The van der Waals surface area contributed by atoms with Gasteiger partial charge in [0.25, 0.3) is 0 Å². The Morgan fingerprint density at radius 2 is 1.70 bits per heavy atom. The zero-order valence-corrected chi connectivity index (χ0v) is 13.2. The quantitative estimate of drug-likeness (QED) is 0.864. The highest BCUT2D eigenvalue weighted by Gasteiger charge is 2.47. The molecule has 20 heavy (non-hydrogen) atoms. The predicted octanol–water partition coefficient (Wildman–Crippen LogP) is 3.28. The zero-order valence-electron chi connectivity index (χ0n) is 13.2. The predicted molar refractivity (Wildman–Crippen MR) is 76.6 cm³/mol. The van der Waals surface area contributed by atoms with Crippen molar-refractivity contribution in [1.82, 2.24) is 4.90 Å². The van der Waals surface area contributed by atoms with Gasteiger partial charge in [-0.2, -0.15) is 0 Å². The fourth-order valence-corrected chi connectivity index (χ4v) is 2.86. The second-order valence-corrected chi connectivity index (χ2v) is 6.79. The van der Waals surface area contributed by atoms with E-state index in [-0.39, 0.29) is 6.04 Å². The van der Waals surface area contributed by atoms with Crippen LogP contribution in [0.15, 0.2) is 0 Å². The van der Waals surface area contributed by atoms with Gasteiger partial charge in [-0.05, 0) is 40.5 Å². The summed E-state index contributed by atoms with van der Waals surface area (Å²) in [5.74, 6) is -0.805. The van der Waals surface area contributed by atoms with Crippen LogP contribution < -0.4 is 0 Å². The second-order valence-electron chi connectivity index (χ2n) is 6.79. The van der Waals surface area contributed by atoms with Crippen LogP contribution in [0.1, 0.15) is 59.8 Å². The highest BCUT2D eigenvalue weighted by Crippen LogP contribution is 2.41. The first-order valence-electron chi connectivity index (χ1n) is 7.29. The number of amides is 1. The molecule has 0 aromatic carbocycles. The van der Waals surface area contributed by atoms with E-state index < -0.39 is 23.1 Å². The van der Waals surface area contributed by atoms with Crippen molar-refractivity contribution in [2.75, 3.05) is 7.05 Å². The van der Waals surface area contributed by atoms with Gasteiger partial charge in [-0.15, -0.1) is 0 Å². The third-order valence-corrected chi connectivity index (χ3v) is 4.23. The summed E-state index contributed by atoms with van der Waals surface area (Å²) >= 11 is 0. The van der Waals surface area contributed by atoms with Gasteiger partial charge in [-0.25, -0.2) is 4.79 Å². The number of carbonyl (C=O) groups excluding carboxylic acids is 1. The molecule has 1 aliphatic rings. The van der Waals surface area contributed by atoms with Crippen LogP contribution in [0, 0.1) is 5.41 Å². The second kappa shape index (κ2) is 6.02. The molecule has 1 saturated carbocycles. The minimum absolute atomic E-state index is 0.379. The molecule has 5 heteroatoms. The molecule has 116 valence electrons. The van der Waals surface area contributed by atoms with E-state index in [1.165, 1.54) is 4.90 Å². The van der Waals surface area contributed by atoms with E-state index in [1.807, 2.05) is 6.92 Å². The Kier molecular flexibility index (Phi) is 5.05. The van der Waals surface area contributed by atoms with Gasteiger partial charge in [0.1, 0.15) is 5.60 Å². The Bertz CT molecular complexity index is 367. The molecule has 5 nitrogen and oxygen atoms in total. The largest absolute Gasteiger partial charge is 0.481 e. The molecular formula is C15H27NO4. The number of aliphatic carboxylic acids is 1. The maximum Gasteiger partial charge on any atom is 0.410 e. The molecule has 0 aliphatic heterocycles. The number of nitrogens with zero attached hydrogens (tertiary/aromatic N) is 1. The Morgan fingerprint density at radius 1 is 1.20 bits per heavy atom. The summed E-state index contributed by atoms with van der Waals surface area (Å²) in [7, 11) is 1.62. The molecule has 1 aliphatic carbocycles. The van der Waals surface area contributed by atoms with Gasteiger partial charge >= 0.3 is 12.1 Å². The molecule has 1 rings (SSSR count).